The van der Waals surface area contributed by atoms with Crippen molar-refractivity contribution in [2.45, 2.75) is 64.1 Å². The molecule has 2 rings (SSSR count). The Morgan fingerprint density at radius 3 is 2.17 bits per heavy atom. The summed E-state index contributed by atoms with van der Waals surface area (Å²) in [5.74, 6) is 0.742. The first kappa shape index (κ1) is 23.6. The van der Waals surface area contributed by atoms with Gasteiger partial charge in [-0.2, -0.15) is 4.31 Å². The molecule has 8 heteroatoms. The predicted molar refractivity (Wildman–Crippen MR) is 120 cm³/mol. The molecule has 1 heterocycles. The third-order valence-electron chi connectivity index (χ3n) is 5.30. The van der Waals surface area contributed by atoms with Gasteiger partial charge in [-0.3, -0.25) is 9.89 Å². The van der Waals surface area contributed by atoms with Gasteiger partial charge in [0.1, 0.15) is 0 Å². The van der Waals surface area contributed by atoms with Crippen molar-refractivity contribution in [2.75, 3.05) is 33.2 Å². The maximum absolute atomic E-state index is 12.6. The summed E-state index contributed by atoms with van der Waals surface area (Å²) in [5, 5.41) is 6.64. The van der Waals surface area contributed by atoms with Crippen molar-refractivity contribution in [1.29, 1.82) is 0 Å². The molecule has 1 fully saturated rings. The third kappa shape index (κ3) is 6.69. The Labute approximate surface area is 176 Å². The molecule has 0 bridgehead atoms. The van der Waals surface area contributed by atoms with E-state index in [1.807, 2.05) is 12.1 Å². The number of benzene rings is 1. The molecule has 0 aliphatic carbocycles. The van der Waals surface area contributed by atoms with Crippen molar-refractivity contribution in [1.82, 2.24) is 19.8 Å². The number of nitrogens with zero attached hydrogens (tertiary/aromatic N) is 3. The minimum Gasteiger partial charge on any atom is -0.355 e. The molecule has 1 aliphatic heterocycles. The second kappa shape index (κ2) is 10.9. The van der Waals surface area contributed by atoms with Crippen molar-refractivity contribution < 1.29 is 8.42 Å². The van der Waals surface area contributed by atoms with Gasteiger partial charge in [0.15, 0.2) is 5.96 Å². The fourth-order valence-corrected chi connectivity index (χ4v) is 5.20. The van der Waals surface area contributed by atoms with Crippen LogP contribution < -0.4 is 10.6 Å². The van der Waals surface area contributed by atoms with E-state index in [2.05, 4.69) is 48.2 Å². The number of nitrogens with one attached hydrogen (secondary N) is 2. The minimum atomic E-state index is -3.35. The molecule has 0 unspecified atom stereocenters. The normalized spacial score (nSPS) is 16.2. The van der Waals surface area contributed by atoms with Gasteiger partial charge in [0.25, 0.3) is 0 Å². The molecule has 0 radical (unpaired) electrons. The van der Waals surface area contributed by atoms with Crippen LogP contribution in [-0.4, -0.2) is 68.9 Å². The summed E-state index contributed by atoms with van der Waals surface area (Å²) in [7, 11) is -1.60. The fourth-order valence-electron chi connectivity index (χ4n) is 3.68. The Morgan fingerprint density at radius 2 is 1.66 bits per heavy atom. The van der Waals surface area contributed by atoms with Crippen LogP contribution >= 0.6 is 0 Å². The van der Waals surface area contributed by atoms with Crippen molar-refractivity contribution in [3.63, 3.8) is 0 Å². The van der Waals surface area contributed by atoms with Gasteiger partial charge in [-0.25, -0.2) is 8.42 Å². The number of rotatable bonds is 9. The zero-order valence-corrected chi connectivity index (χ0v) is 19.3. The van der Waals surface area contributed by atoms with Gasteiger partial charge in [0, 0.05) is 51.9 Å². The Balaban J connectivity index is 1.85. The van der Waals surface area contributed by atoms with Crippen molar-refractivity contribution in [3.8, 4) is 0 Å². The second-order valence-electron chi connectivity index (χ2n) is 8.03. The van der Waals surface area contributed by atoms with Crippen LogP contribution in [-0.2, 0) is 16.6 Å². The van der Waals surface area contributed by atoms with Gasteiger partial charge in [-0.05, 0) is 58.2 Å². The third-order valence-corrected chi connectivity index (χ3v) is 7.21. The van der Waals surface area contributed by atoms with Gasteiger partial charge >= 0.3 is 0 Å². The zero-order valence-electron chi connectivity index (χ0n) is 18.5. The number of guanidine groups is 1. The molecule has 0 spiro atoms. The first-order chi connectivity index (χ1) is 13.8. The highest BCUT2D eigenvalue weighted by atomic mass is 32.2. The second-order valence-corrected chi connectivity index (χ2v) is 9.97. The standard InChI is InChI=1S/C21H37N5O2S/c1-17(2)26(18(3)4)15-12-23-21(22-5)24-16-19-8-10-20(11-9-19)29(27,28)25-13-6-7-14-25/h8-11,17-18H,6-7,12-16H2,1-5H3,(H2,22,23,24). The van der Waals surface area contributed by atoms with Crippen molar-refractivity contribution >= 4 is 16.0 Å². The molecule has 29 heavy (non-hydrogen) atoms. The van der Waals surface area contributed by atoms with E-state index >= 15 is 0 Å². The Morgan fingerprint density at radius 1 is 1.07 bits per heavy atom. The van der Waals surface area contributed by atoms with Gasteiger partial charge in [-0.15, -0.1) is 0 Å². The molecule has 164 valence electrons. The average molecular weight is 424 g/mol. The predicted octanol–water partition coefficient (Wildman–Crippen LogP) is 2.25. The zero-order chi connectivity index (χ0) is 21.4. The molecule has 0 amide bonds. The summed E-state index contributed by atoms with van der Waals surface area (Å²) < 4.78 is 26.8. The van der Waals surface area contributed by atoms with Crippen molar-refractivity contribution in [3.05, 3.63) is 29.8 Å². The topological polar surface area (TPSA) is 77.0 Å². The summed E-state index contributed by atoms with van der Waals surface area (Å²) >= 11 is 0. The van der Waals surface area contributed by atoms with Gasteiger partial charge in [0.05, 0.1) is 4.90 Å². The molecule has 1 aliphatic rings. The average Bonchev–Trinajstić information content (AvgIpc) is 3.23. The van der Waals surface area contributed by atoms with E-state index in [0.717, 1.165) is 37.5 Å². The van der Waals surface area contributed by atoms with Crippen LogP contribution in [0.25, 0.3) is 0 Å². The number of hydrogen-bond donors (Lipinski definition) is 2. The molecule has 0 saturated carbocycles. The quantitative estimate of drug-likeness (QED) is 0.471. The SMILES string of the molecule is CN=C(NCCN(C(C)C)C(C)C)NCc1ccc(S(=O)(=O)N2CCCC2)cc1. The molecular weight excluding hydrogens is 386 g/mol. The largest absolute Gasteiger partial charge is 0.355 e. The smallest absolute Gasteiger partial charge is 0.243 e. The summed E-state index contributed by atoms with van der Waals surface area (Å²) in [6.07, 6.45) is 1.89. The van der Waals surface area contributed by atoms with E-state index in [1.165, 1.54) is 0 Å². The maximum atomic E-state index is 12.6. The summed E-state index contributed by atoms with van der Waals surface area (Å²) in [5.41, 5.74) is 1.01. The summed E-state index contributed by atoms with van der Waals surface area (Å²) in [6, 6.07) is 8.13. The summed E-state index contributed by atoms with van der Waals surface area (Å²) in [6.45, 7) is 12.4. The van der Waals surface area contributed by atoms with E-state index in [4.69, 9.17) is 0 Å². The lowest BCUT2D eigenvalue weighted by Gasteiger charge is -2.30. The van der Waals surface area contributed by atoms with Gasteiger partial charge in [0.2, 0.25) is 10.0 Å². The highest BCUT2D eigenvalue weighted by Gasteiger charge is 2.26. The van der Waals surface area contributed by atoms with E-state index in [1.54, 1.807) is 23.5 Å². The highest BCUT2D eigenvalue weighted by molar-refractivity contribution is 7.89. The van der Waals surface area contributed by atoms with Gasteiger partial charge in [-0.1, -0.05) is 12.1 Å². The Hall–Kier alpha value is -1.64. The van der Waals surface area contributed by atoms with Gasteiger partial charge < -0.3 is 10.6 Å². The Kier molecular flexibility index (Phi) is 8.92. The molecule has 1 aromatic carbocycles. The first-order valence-electron chi connectivity index (χ1n) is 10.5. The minimum absolute atomic E-state index is 0.369. The number of sulfonamides is 1. The van der Waals surface area contributed by atoms with E-state index in [0.29, 0.717) is 36.6 Å². The van der Waals surface area contributed by atoms with E-state index < -0.39 is 10.0 Å². The van der Waals surface area contributed by atoms with Crippen LogP contribution in [0.4, 0.5) is 0 Å². The molecule has 1 saturated heterocycles. The van der Waals surface area contributed by atoms with Crippen molar-refractivity contribution in [2.24, 2.45) is 4.99 Å². The molecular formula is C21H37N5O2S. The highest BCUT2D eigenvalue weighted by Crippen LogP contribution is 2.21. The lowest BCUT2D eigenvalue weighted by molar-refractivity contribution is 0.178. The van der Waals surface area contributed by atoms with E-state index in [9.17, 15) is 8.42 Å². The van der Waals surface area contributed by atoms with E-state index in [-0.39, 0.29) is 0 Å². The van der Waals surface area contributed by atoms with Crippen LogP contribution in [0.2, 0.25) is 0 Å². The molecule has 0 atom stereocenters. The lowest BCUT2D eigenvalue weighted by atomic mass is 10.2. The van der Waals surface area contributed by atoms with Crippen LogP contribution in [0.3, 0.4) is 0 Å². The molecule has 2 N–H and O–H groups in total. The lowest BCUT2D eigenvalue weighted by Crippen LogP contribution is -2.45. The maximum Gasteiger partial charge on any atom is 0.243 e. The number of aliphatic imine (C=N–C) groups is 1. The number of hydrogen-bond acceptors (Lipinski definition) is 4. The fraction of sp³-hybridized carbons (Fsp3) is 0.667. The molecule has 0 aromatic heterocycles. The Bertz CT molecular complexity index is 746. The van der Waals surface area contributed by atoms with Crippen LogP contribution in [0.5, 0.6) is 0 Å². The first-order valence-corrected chi connectivity index (χ1v) is 12.0. The molecule has 1 aromatic rings. The van der Waals surface area contributed by atoms with Crippen LogP contribution in [0, 0.1) is 0 Å². The molecule has 7 nitrogen and oxygen atoms in total. The monoisotopic (exact) mass is 423 g/mol. The van der Waals surface area contributed by atoms with Crippen LogP contribution in [0.1, 0.15) is 46.1 Å². The van der Waals surface area contributed by atoms with Crippen LogP contribution in [0.15, 0.2) is 34.2 Å². The summed E-state index contributed by atoms with van der Waals surface area (Å²) in [4.78, 5) is 7.07.